The molecule has 0 amide bonds. The zero-order chi connectivity index (χ0) is 23.6. The maximum atomic E-state index is 6.35. The fraction of sp³-hybridized carbons (Fsp3) is 0.194. The highest BCUT2D eigenvalue weighted by molar-refractivity contribution is 7.23. The van der Waals surface area contributed by atoms with E-state index in [9.17, 15) is 0 Å². The Bertz CT molecular complexity index is 1710. The molecule has 0 fully saturated rings. The maximum absolute atomic E-state index is 6.35. The first-order valence-electron chi connectivity index (χ1n) is 11.7. The minimum atomic E-state index is 0.0332. The summed E-state index contributed by atoms with van der Waals surface area (Å²) in [6.07, 6.45) is 1.94. The van der Waals surface area contributed by atoms with Gasteiger partial charge in [0.1, 0.15) is 11.3 Å². The summed E-state index contributed by atoms with van der Waals surface area (Å²) in [4.78, 5) is 6.09. The first-order chi connectivity index (χ1) is 16.3. The molecule has 0 saturated heterocycles. The Kier molecular flexibility index (Phi) is 4.69. The molecule has 0 saturated carbocycles. The van der Waals surface area contributed by atoms with Crippen LogP contribution in [0.15, 0.2) is 77.3 Å². The molecule has 3 heterocycles. The van der Waals surface area contributed by atoms with E-state index in [0.717, 1.165) is 17.0 Å². The molecule has 3 aromatic heterocycles. The fourth-order valence-corrected chi connectivity index (χ4v) is 6.38. The number of hydrogen-bond acceptors (Lipinski definition) is 3. The van der Waals surface area contributed by atoms with Crippen molar-refractivity contribution in [3.63, 3.8) is 0 Å². The van der Waals surface area contributed by atoms with Crippen LogP contribution in [0.2, 0.25) is 0 Å². The standard InChI is InChI=1S/C31H27NOS/c1-18-22-11-8-9-13-26(22)33-28(18)29-19(2)23-14-15-32-27(30(23)34-29)21-16-20-10-6-7-12-24(20)25(17-21)31(3,4)5/h6-17H,1-5H3. The molecular weight excluding hydrogens is 434 g/mol. The number of rotatable bonds is 2. The van der Waals surface area contributed by atoms with Gasteiger partial charge < -0.3 is 4.42 Å². The lowest BCUT2D eigenvalue weighted by atomic mass is 9.82. The monoisotopic (exact) mass is 461 g/mol. The van der Waals surface area contributed by atoms with Crippen LogP contribution < -0.4 is 0 Å². The lowest BCUT2D eigenvalue weighted by Crippen LogP contribution is -2.12. The Hall–Kier alpha value is -3.43. The van der Waals surface area contributed by atoms with Crippen LogP contribution in [0.5, 0.6) is 0 Å². The predicted octanol–water partition coefficient (Wildman–Crippen LogP) is 9.44. The summed E-state index contributed by atoms with van der Waals surface area (Å²) in [6.45, 7) is 11.2. The normalized spacial score (nSPS) is 12.3. The third-order valence-electron chi connectivity index (χ3n) is 6.85. The largest absolute Gasteiger partial charge is 0.455 e. The molecule has 0 aliphatic carbocycles. The van der Waals surface area contributed by atoms with E-state index < -0.39 is 0 Å². The molecule has 3 aromatic carbocycles. The van der Waals surface area contributed by atoms with Crippen LogP contribution >= 0.6 is 11.3 Å². The van der Waals surface area contributed by atoms with E-state index in [0.29, 0.717) is 0 Å². The molecule has 0 unspecified atom stereocenters. The van der Waals surface area contributed by atoms with Gasteiger partial charge >= 0.3 is 0 Å². The first-order valence-corrected chi connectivity index (χ1v) is 12.5. The second-order valence-electron chi connectivity index (χ2n) is 10.1. The Morgan fingerprint density at radius 3 is 2.29 bits per heavy atom. The van der Waals surface area contributed by atoms with Crippen molar-refractivity contribution in [3.05, 3.63) is 89.6 Å². The van der Waals surface area contributed by atoms with E-state index in [4.69, 9.17) is 9.40 Å². The summed E-state index contributed by atoms with van der Waals surface area (Å²) < 4.78 is 7.57. The molecule has 0 radical (unpaired) electrons. The number of nitrogens with zero attached hydrogens (tertiary/aromatic N) is 1. The second-order valence-corrected chi connectivity index (χ2v) is 11.2. The minimum Gasteiger partial charge on any atom is -0.455 e. The van der Waals surface area contributed by atoms with Crippen molar-refractivity contribution in [1.82, 2.24) is 4.98 Å². The van der Waals surface area contributed by atoms with Gasteiger partial charge in [0.05, 0.1) is 15.3 Å². The summed E-state index contributed by atoms with van der Waals surface area (Å²) in [6, 6.07) is 23.7. The highest BCUT2D eigenvalue weighted by atomic mass is 32.1. The van der Waals surface area contributed by atoms with Gasteiger partial charge in [-0.1, -0.05) is 63.2 Å². The van der Waals surface area contributed by atoms with Crippen molar-refractivity contribution in [2.75, 3.05) is 0 Å². The predicted molar refractivity (Wildman–Crippen MR) is 146 cm³/mol. The SMILES string of the molecule is Cc1c(-c2sc3c(-c4cc(C(C)(C)C)c5ccccc5c4)nccc3c2C)oc2ccccc12. The number of pyridine rings is 1. The number of thiophene rings is 1. The van der Waals surface area contributed by atoms with Crippen molar-refractivity contribution < 1.29 is 4.42 Å². The average molecular weight is 462 g/mol. The molecule has 0 spiro atoms. The smallest absolute Gasteiger partial charge is 0.148 e. The van der Waals surface area contributed by atoms with E-state index in [2.05, 4.69) is 89.2 Å². The zero-order valence-electron chi connectivity index (χ0n) is 20.2. The molecule has 2 nitrogen and oxygen atoms in total. The van der Waals surface area contributed by atoms with Crippen LogP contribution in [-0.2, 0) is 5.41 Å². The van der Waals surface area contributed by atoms with Crippen LogP contribution in [0.25, 0.3) is 53.7 Å². The van der Waals surface area contributed by atoms with Crippen molar-refractivity contribution in [2.24, 2.45) is 0 Å². The van der Waals surface area contributed by atoms with Gasteiger partial charge in [-0.2, -0.15) is 0 Å². The lowest BCUT2D eigenvalue weighted by Gasteiger charge is -2.22. The van der Waals surface area contributed by atoms with E-state index in [1.54, 1.807) is 11.3 Å². The van der Waals surface area contributed by atoms with Gasteiger partial charge in [-0.05, 0) is 70.8 Å². The molecule has 34 heavy (non-hydrogen) atoms. The van der Waals surface area contributed by atoms with Gasteiger partial charge in [-0.3, -0.25) is 4.98 Å². The summed E-state index contributed by atoms with van der Waals surface area (Å²) in [5.41, 5.74) is 6.98. The molecular formula is C31H27NOS. The summed E-state index contributed by atoms with van der Waals surface area (Å²) >= 11 is 1.79. The number of aryl methyl sites for hydroxylation is 2. The Labute approximate surface area is 203 Å². The van der Waals surface area contributed by atoms with E-state index in [-0.39, 0.29) is 5.41 Å². The molecule has 0 atom stereocenters. The van der Waals surface area contributed by atoms with Crippen LogP contribution in [0.4, 0.5) is 0 Å². The fourth-order valence-electron chi connectivity index (χ4n) is 5.03. The van der Waals surface area contributed by atoms with Crippen molar-refractivity contribution in [3.8, 4) is 21.9 Å². The van der Waals surface area contributed by atoms with Crippen LogP contribution in [-0.4, -0.2) is 4.98 Å². The van der Waals surface area contributed by atoms with E-state index in [1.165, 1.54) is 53.4 Å². The van der Waals surface area contributed by atoms with Crippen molar-refractivity contribution in [1.29, 1.82) is 0 Å². The molecule has 0 aliphatic rings. The van der Waals surface area contributed by atoms with Gasteiger partial charge in [-0.25, -0.2) is 0 Å². The van der Waals surface area contributed by atoms with Gasteiger partial charge in [0.2, 0.25) is 0 Å². The Morgan fingerprint density at radius 2 is 1.53 bits per heavy atom. The molecule has 3 heteroatoms. The number of furan rings is 1. The summed E-state index contributed by atoms with van der Waals surface area (Å²) in [5, 5.41) is 4.99. The van der Waals surface area contributed by atoms with Crippen LogP contribution in [0.1, 0.15) is 37.5 Å². The van der Waals surface area contributed by atoms with Crippen LogP contribution in [0.3, 0.4) is 0 Å². The minimum absolute atomic E-state index is 0.0332. The number of para-hydroxylation sites is 1. The number of fused-ring (bicyclic) bond motifs is 3. The van der Waals surface area contributed by atoms with Crippen molar-refractivity contribution >= 4 is 43.2 Å². The molecule has 0 aliphatic heterocycles. The average Bonchev–Trinajstić information content (AvgIpc) is 3.34. The third kappa shape index (κ3) is 3.19. The van der Waals surface area contributed by atoms with E-state index >= 15 is 0 Å². The lowest BCUT2D eigenvalue weighted by molar-refractivity contribution is 0.596. The zero-order valence-corrected chi connectivity index (χ0v) is 21.0. The summed E-state index contributed by atoms with van der Waals surface area (Å²) in [7, 11) is 0. The molecule has 0 N–H and O–H groups in total. The molecule has 0 bridgehead atoms. The highest BCUT2D eigenvalue weighted by Gasteiger charge is 2.22. The summed E-state index contributed by atoms with van der Waals surface area (Å²) in [5.74, 6) is 0.972. The quantitative estimate of drug-likeness (QED) is 0.257. The van der Waals surface area contributed by atoms with Gasteiger partial charge in [-0.15, -0.1) is 11.3 Å². The second kappa shape index (κ2) is 7.54. The van der Waals surface area contributed by atoms with Gasteiger partial charge in [0.25, 0.3) is 0 Å². The number of hydrogen-bond donors (Lipinski definition) is 0. The van der Waals surface area contributed by atoms with Crippen molar-refractivity contribution in [2.45, 2.75) is 40.0 Å². The Balaban J connectivity index is 1.62. The molecule has 168 valence electrons. The van der Waals surface area contributed by atoms with E-state index in [1.807, 2.05) is 18.3 Å². The topological polar surface area (TPSA) is 26.0 Å². The Morgan fingerprint density at radius 1 is 0.794 bits per heavy atom. The maximum Gasteiger partial charge on any atom is 0.148 e. The van der Waals surface area contributed by atoms with Gasteiger partial charge in [0, 0.05) is 22.7 Å². The molecule has 6 rings (SSSR count). The number of benzene rings is 3. The highest BCUT2D eigenvalue weighted by Crippen LogP contribution is 2.45. The third-order valence-corrected chi connectivity index (χ3v) is 8.16. The molecule has 6 aromatic rings. The van der Waals surface area contributed by atoms with Gasteiger partial charge in [0.15, 0.2) is 0 Å². The first kappa shape index (κ1) is 21.1. The number of aromatic nitrogens is 1. The van der Waals surface area contributed by atoms with Crippen LogP contribution in [0, 0.1) is 13.8 Å².